The van der Waals surface area contributed by atoms with Gasteiger partial charge in [-0.2, -0.15) is 0 Å². The third-order valence-electron chi connectivity index (χ3n) is 4.26. The van der Waals surface area contributed by atoms with Crippen LogP contribution in [0, 0.1) is 5.92 Å². The Morgan fingerprint density at radius 2 is 1.12 bits per heavy atom. The van der Waals surface area contributed by atoms with Gasteiger partial charge in [0.2, 0.25) is 0 Å². The van der Waals surface area contributed by atoms with Crippen molar-refractivity contribution in [2.75, 3.05) is 19.6 Å². The van der Waals surface area contributed by atoms with E-state index in [0.717, 1.165) is 25.7 Å². The topological polar surface area (TPSA) is 71.5 Å². The van der Waals surface area contributed by atoms with E-state index in [1.165, 1.54) is 0 Å². The Labute approximate surface area is 152 Å². The number of carbonyl (C=O) groups excluding carboxylic acids is 4. The Morgan fingerprint density at radius 3 is 1.56 bits per heavy atom. The van der Waals surface area contributed by atoms with E-state index in [-0.39, 0.29) is 42.9 Å². The van der Waals surface area contributed by atoms with Crippen LogP contribution in [-0.4, -0.2) is 47.7 Å². The first kappa shape index (κ1) is 23.6. The van der Waals surface area contributed by atoms with Crippen LogP contribution >= 0.6 is 0 Å². The average Bonchev–Trinajstić information content (AvgIpc) is 2.56. The van der Waals surface area contributed by atoms with Crippen LogP contribution in [0.2, 0.25) is 0 Å². The Morgan fingerprint density at radius 1 is 0.680 bits per heavy atom. The van der Waals surface area contributed by atoms with E-state index in [9.17, 15) is 19.2 Å². The largest absolute Gasteiger partial charge is 0.299 e. The van der Waals surface area contributed by atoms with Crippen molar-refractivity contribution >= 4 is 23.1 Å². The lowest BCUT2D eigenvalue weighted by atomic mass is 10.0. The Bertz CT molecular complexity index is 425. The second-order valence-corrected chi connectivity index (χ2v) is 7.00. The van der Waals surface area contributed by atoms with E-state index in [1.54, 1.807) is 18.7 Å². The summed E-state index contributed by atoms with van der Waals surface area (Å²) in [7, 11) is 0. The first-order chi connectivity index (χ1) is 11.8. The third kappa shape index (κ3) is 12.6. The van der Waals surface area contributed by atoms with Gasteiger partial charge in [0.25, 0.3) is 0 Å². The Kier molecular flexibility index (Phi) is 13.1. The molecule has 0 saturated heterocycles. The highest BCUT2D eigenvalue weighted by Gasteiger charge is 2.16. The van der Waals surface area contributed by atoms with Gasteiger partial charge in [-0.15, -0.1) is 0 Å². The summed E-state index contributed by atoms with van der Waals surface area (Å²) in [5.41, 5.74) is 0. The highest BCUT2D eigenvalue weighted by molar-refractivity contribution is 5.86. The van der Waals surface area contributed by atoms with Crippen molar-refractivity contribution in [3.8, 4) is 0 Å². The summed E-state index contributed by atoms with van der Waals surface area (Å²) < 4.78 is 0. The minimum atomic E-state index is 0.0477. The van der Waals surface area contributed by atoms with E-state index in [2.05, 4.69) is 0 Å². The normalized spacial score (nSPS) is 11.1. The molecule has 0 rings (SSSR count). The molecule has 25 heavy (non-hydrogen) atoms. The molecule has 0 aromatic heterocycles. The van der Waals surface area contributed by atoms with Crippen molar-refractivity contribution in [2.45, 2.75) is 79.1 Å². The molecule has 144 valence electrons. The van der Waals surface area contributed by atoms with Crippen molar-refractivity contribution in [3.63, 3.8) is 0 Å². The van der Waals surface area contributed by atoms with Crippen LogP contribution in [0.1, 0.15) is 79.1 Å². The Balaban J connectivity index is 4.06. The maximum atomic E-state index is 12.1. The zero-order valence-electron chi connectivity index (χ0n) is 16.4. The van der Waals surface area contributed by atoms with Gasteiger partial charge in [-0.3, -0.25) is 24.1 Å². The molecule has 0 aromatic rings. The maximum absolute atomic E-state index is 12.1. The summed E-state index contributed by atoms with van der Waals surface area (Å²) in [6.07, 6.45) is 5.49. The van der Waals surface area contributed by atoms with Crippen molar-refractivity contribution in [3.05, 3.63) is 0 Å². The second kappa shape index (κ2) is 13.9. The zero-order chi connectivity index (χ0) is 19.2. The van der Waals surface area contributed by atoms with Gasteiger partial charge in [-0.1, -0.05) is 40.5 Å². The molecule has 5 nitrogen and oxygen atoms in total. The molecule has 0 bridgehead atoms. The molecule has 0 fully saturated rings. The number of Topliss-reactive ketones (excluding diaryl/α,β-unsaturated/α-hetero) is 4. The molecule has 0 unspecified atom stereocenters. The number of carbonyl (C=O) groups is 4. The van der Waals surface area contributed by atoms with E-state index < -0.39 is 0 Å². The molecular formula is C20H35NO4. The fraction of sp³-hybridized carbons (Fsp3) is 0.800. The molecule has 0 aliphatic rings. The number of unbranched alkanes of at least 4 members (excludes halogenated alkanes) is 3. The molecule has 0 saturated carbocycles. The van der Waals surface area contributed by atoms with E-state index in [0.29, 0.717) is 31.5 Å². The number of rotatable bonds is 16. The smallest absolute Gasteiger partial charge is 0.146 e. The van der Waals surface area contributed by atoms with Gasteiger partial charge in [-0.25, -0.2) is 0 Å². The fourth-order valence-corrected chi connectivity index (χ4v) is 2.48. The minimum absolute atomic E-state index is 0.0477. The third-order valence-corrected chi connectivity index (χ3v) is 4.26. The molecule has 0 aromatic carbocycles. The molecule has 0 atom stereocenters. The van der Waals surface area contributed by atoms with Gasteiger partial charge >= 0.3 is 0 Å². The lowest BCUT2D eigenvalue weighted by Gasteiger charge is -2.19. The Hall–Kier alpha value is -1.36. The highest BCUT2D eigenvalue weighted by atomic mass is 16.1. The predicted octanol–water partition coefficient (Wildman–Crippen LogP) is 3.38. The van der Waals surface area contributed by atoms with Gasteiger partial charge in [0.05, 0.1) is 19.6 Å². The first-order valence-corrected chi connectivity index (χ1v) is 9.60. The molecule has 0 N–H and O–H groups in total. The number of hydrogen-bond acceptors (Lipinski definition) is 5. The minimum Gasteiger partial charge on any atom is -0.299 e. The number of ketones is 4. The van der Waals surface area contributed by atoms with Gasteiger partial charge in [0.15, 0.2) is 0 Å². The lowest BCUT2D eigenvalue weighted by molar-refractivity contribution is -0.125. The van der Waals surface area contributed by atoms with Crippen molar-refractivity contribution in [1.29, 1.82) is 0 Å². The van der Waals surface area contributed by atoms with Crippen LogP contribution in [0.25, 0.3) is 0 Å². The SMILES string of the molecule is CCC(=O)CN(CC(=O)CC)CC(=O)CCCCCCC(=O)C(C)C. The molecule has 0 spiro atoms. The standard InChI is InChI=1S/C20H35NO4/c1-5-17(22)13-21(14-18(23)6-2)15-19(24)11-9-7-8-10-12-20(25)16(3)4/h16H,5-15H2,1-4H3. The van der Waals surface area contributed by atoms with Crippen LogP contribution in [0.3, 0.4) is 0 Å². The lowest BCUT2D eigenvalue weighted by Crippen LogP contribution is -2.38. The van der Waals surface area contributed by atoms with E-state index >= 15 is 0 Å². The monoisotopic (exact) mass is 353 g/mol. The maximum Gasteiger partial charge on any atom is 0.146 e. The zero-order valence-corrected chi connectivity index (χ0v) is 16.4. The summed E-state index contributed by atoms with van der Waals surface area (Å²) in [4.78, 5) is 48.5. The van der Waals surface area contributed by atoms with Crippen molar-refractivity contribution < 1.29 is 19.2 Å². The summed E-state index contributed by atoms with van der Waals surface area (Å²) >= 11 is 0. The van der Waals surface area contributed by atoms with Gasteiger partial charge in [0, 0.05) is 31.6 Å². The van der Waals surface area contributed by atoms with Crippen LogP contribution in [-0.2, 0) is 19.2 Å². The quantitative estimate of drug-likeness (QED) is 0.398. The van der Waals surface area contributed by atoms with Gasteiger partial charge in [0.1, 0.15) is 23.1 Å². The van der Waals surface area contributed by atoms with E-state index in [1.807, 2.05) is 13.8 Å². The highest BCUT2D eigenvalue weighted by Crippen LogP contribution is 2.09. The van der Waals surface area contributed by atoms with E-state index in [4.69, 9.17) is 0 Å². The van der Waals surface area contributed by atoms with Crippen molar-refractivity contribution in [1.82, 2.24) is 4.90 Å². The van der Waals surface area contributed by atoms with Crippen LogP contribution in [0.5, 0.6) is 0 Å². The summed E-state index contributed by atoms with van der Waals surface area (Å²) in [5.74, 6) is 0.571. The summed E-state index contributed by atoms with van der Waals surface area (Å²) in [6.45, 7) is 7.92. The van der Waals surface area contributed by atoms with Crippen LogP contribution in [0.4, 0.5) is 0 Å². The molecular weight excluding hydrogens is 318 g/mol. The predicted molar refractivity (Wildman–Crippen MR) is 99.6 cm³/mol. The first-order valence-electron chi connectivity index (χ1n) is 9.60. The average molecular weight is 354 g/mol. The molecule has 0 heterocycles. The van der Waals surface area contributed by atoms with Gasteiger partial charge < -0.3 is 0 Å². The molecule has 0 aliphatic heterocycles. The number of hydrogen-bond donors (Lipinski definition) is 0. The number of nitrogens with zero attached hydrogens (tertiary/aromatic N) is 1. The summed E-state index contributed by atoms with van der Waals surface area (Å²) in [5, 5.41) is 0. The van der Waals surface area contributed by atoms with Crippen LogP contribution < -0.4 is 0 Å². The fourth-order valence-electron chi connectivity index (χ4n) is 2.48. The molecule has 0 amide bonds. The molecule has 0 aliphatic carbocycles. The van der Waals surface area contributed by atoms with Gasteiger partial charge in [-0.05, 0) is 12.8 Å². The molecule has 5 heteroatoms. The molecule has 0 radical (unpaired) electrons. The summed E-state index contributed by atoms with van der Waals surface area (Å²) in [6, 6.07) is 0. The second-order valence-electron chi connectivity index (χ2n) is 7.00. The van der Waals surface area contributed by atoms with Crippen molar-refractivity contribution in [2.24, 2.45) is 5.92 Å². The van der Waals surface area contributed by atoms with Crippen LogP contribution in [0.15, 0.2) is 0 Å².